The topological polar surface area (TPSA) is 80.1 Å². The van der Waals surface area contributed by atoms with Gasteiger partial charge in [0.1, 0.15) is 11.0 Å². The first-order valence-corrected chi connectivity index (χ1v) is 2.37. The Hall–Kier alpha value is -1.83. The molecule has 1 aromatic heterocycles. The molecule has 0 amide bonds. The number of nitro groups is 1. The van der Waals surface area contributed by atoms with Crippen LogP contribution in [0.3, 0.4) is 0 Å². The van der Waals surface area contributed by atoms with Crippen molar-refractivity contribution in [2.24, 2.45) is 0 Å². The van der Waals surface area contributed by atoms with Crippen LogP contribution >= 0.6 is 0 Å². The van der Waals surface area contributed by atoms with E-state index < -0.39 is 10.8 Å². The zero-order valence-corrected chi connectivity index (χ0v) is 4.77. The molecule has 0 saturated carbocycles. The average molecular weight is 138 g/mol. The van der Waals surface area contributed by atoms with Gasteiger partial charge in [-0.3, -0.25) is 10.1 Å². The standard InChI is InChI=1S/C5H2N2O3/c6-3-4-1-2-10-5(4)7(8)9/h1-2H. The first-order chi connectivity index (χ1) is 4.75. The van der Waals surface area contributed by atoms with Gasteiger partial charge in [-0.2, -0.15) is 5.26 Å². The highest BCUT2D eigenvalue weighted by atomic mass is 16.6. The second kappa shape index (κ2) is 2.19. The van der Waals surface area contributed by atoms with Crippen LogP contribution in [0.1, 0.15) is 5.56 Å². The maximum absolute atomic E-state index is 10.0. The molecule has 0 N–H and O–H groups in total. The van der Waals surface area contributed by atoms with Gasteiger partial charge in [-0.05, 0) is 0 Å². The van der Waals surface area contributed by atoms with Crippen molar-refractivity contribution in [2.45, 2.75) is 0 Å². The predicted octanol–water partition coefficient (Wildman–Crippen LogP) is 1.06. The first-order valence-electron chi connectivity index (χ1n) is 2.37. The molecule has 0 bridgehead atoms. The number of furan rings is 1. The van der Waals surface area contributed by atoms with E-state index in [-0.39, 0.29) is 5.56 Å². The highest BCUT2D eigenvalue weighted by Crippen LogP contribution is 2.17. The van der Waals surface area contributed by atoms with E-state index in [2.05, 4.69) is 4.42 Å². The summed E-state index contributed by atoms with van der Waals surface area (Å²) in [6.45, 7) is 0. The molecule has 0 fully saturated rings. The van der Waals surface area contributed by atoms with E-state index in [1.165, 1.54) is 6.07 Å². The zero-order chi connectivity index (χ0) is 7.56. The molecule has 0 aliphatic rings. The summed E-state index contributed by atoms with van der Waals surface area (Å²) >= 11 is 0. The second-order valence-corrected chi connectivity index (χ2v) is 1.51. The quantitative estimate of drug-likeness (QED) is 0.429. The number of nitrogens with zero attached hydrogens (tertiary/aromatic N) is 2. The Morgan fingerprint density at radius 3 is 2.90 bits per heavy atom. The monoisotopic (exact) mass is 138 g/mol. The van der Waals surface area contributed by atoms with Gasteiger partial charge in [-0.15, -0.1) is 0 Å². The van der Waals surface area contributed by atoms with E-state index in [1.54, 1.807) is 6.07 Å². The average Bonchev–Trinajstić information content (AvgIpc) is 2.33. The summed E-state index contributed by atoms with van der Waals surface area (Å²) in [5.41, 5.74) is -0.0509. The van der Waals surface area contributed by atoms with Crippen LogP contribution in [-0.2, 0) is 0 Å². The molecule has 1 rings (SSSR count). The molecule has 1 aromatic rings. The third-order valence-corrected chi connectivity index (χ3v) is 0.931. The Morgan fingerprint density at radius 1 is 1.80 bits per heavy atom. The summed E-state index contributed by atoms with van der Waals surface area (Å²) in [5, 5.41) is 18.2. The lowest BCUT2D eigenvalue weighted by molar-refractivity contribution is -0.402. The van der Waals surface area contributed by atoms with Crippen LogP contribution in [0.15, 0.2) is 16.7 Å². The molecule has 0 radical (unpaired) electrons. The normalized spacial score (nSPS) is 8.70. The number of hydrogen-bond acceptors (Lipinski definition) is 4. The van der Waals surface area contributed by atoms with Crippen LogP contribution in [0.4, 0.5) is 5.88 Å². The van der Waals surface area contributed by atoms with Gasteiger partial charge in [0.2, 0.25) is 0 Å². The van der Waals surface area contributed by atoms with Gasteiger partial charge < -0.3 is 4.42 Å². The van der Waals surface area contributed by atoms with E-state index in [0.717, 1.165) is 6.26 Å². The van der Waals surface area contributed by atoms with E-state index in [0.29, 0.717) is 0 Å². The highest BCUT2D eigenvalue weighted by Gasteiger charge is 2.16. The van der Waals surface area contributed by atoms with Gasteiger partial charge in [-0.1, -0.05) is 0 Å². The molecule has 0 atom stereocenters. The lowest BCUT2D eigenvalue weighted by Gasteiger charge is -1.80. The highest BCUT2D eigenvalue weighted by molar-refractivity contribution is 5.39. The minimum absolute atomic E-state index is 0.0509. The number of hydrogen-bond donors (Lipinski definition) is 0. The van der Waals surface area contributed by atoms with Crippen molar-refractivity contribution in [3.05, 3.63) is 28.0 Å². The van der Waals surface area contributed by atoms with E-state index in [9.17, 15) is 10.1 Å². The zero-order valence-electron chi connectivity index (χ0n) is 4.77. The summed E-state index contributed by atoms with van der Waals surface area (Å²) in [6, 6.07) is 2.87. The Morgan fingerprint density at radius 2 is 2.50 bits per heavy atom. The minimum atomic E-state index is -0.738. The van der Waals surface area contributed by atoms with Crippen molar-refractivity contribution in [1.29, 1.82) is 5.26 Å². The maximum atomic E-state index is 10.0. The Labute approximate surface area is 55.6 Å². The molecule has 1 heterocycles. The molecule has 5 heteroatoms. The molecule has 0 aliphatic heterocycles. The molecular formula is C5H2N2O3. The van der Waals surface area contributed by atoms with E-state index >= 15 is 0 Å². The third kappa shape index (κ3) is 0.821. The Kier molecular flexibility index (Phi) is 1.38. The summed E-state index contributed by atoms with van der Waals surface area (Å²) in [5.74, 6) is -0.498. The molecular weight excluding hydrogens is 136 g/mol. The van der Waals surface area contributed by atoms with Crippen LogP contribution in [-0.4, -0.2) is 4.92 Å². The molecule has 0 unspecified atom stereocenters. The van der Waals surface area contributed by atoms with E-state index in [4.69, 9.17) is 5.26 Å². The minimum Gasteiger partial charge on any atom is -0.408 e. The smallest absolute Gasteiger partial charge is 0.408 e. The van der Waals surface area contributed by atoms with Gasteiger partial charge in [0.25, 0.3) is 0 Å². The van der Waals surface area contributed by atoms with Crippen LogP contribution in [0.5, 0.6) is 0 Å². The fourth-order valence-corrected chi connectivity index (χ4v) is 0.528. The molecule has 50 valence electrons. The van der Waals surface area contributed by atoms with Crippen molar-refractivity contribution in [3.63, 3.8) is 0 Å². The fourth-order valence-electron chi connectivity index (χ4n) is 0.528. The lowest BCUT2D eigenvalue weighted by Crippen LogP contribution is -1.86. The summed E-state index contributed by atoms with van der Waals surface area (Å²) in [6.07, 6.45) is 1.11. The van der Waals surface area contributed by atoms with Crippen molar-refractivity contribution >= 4 is 5.88 Å². The predicted molar refractivity (Wildman–Crippen MR) is 30.1 cm³/mol. The van der Waals surface area contributed by atoms with Gasteiger partial charge in [0, 0.05) is 6.07 Å². The molecule has 10 heavy (non-hydrogen) atoms. The van der Waals surface area contributed by atoms with Crippen molar-refractivity contribution in [1.82, 2.24) is 0 Å². The summed E-state index contributed by atoms with van der Waals surface area (Å²) in [4.78, 5) is 9.26. The van der Waals surface area contributed by atoms with Gasteiger partial charge in [0.15, 0.2) is 5.56 Å². The van der Waals surface area contributed by atoms with Crippen LogP contribution in [0.2, 0.25) is 0 Å². The SMILES string of the molecule is N#Cc1ccoc1[N+](=O)[O-]. The molecule has 0 spiro atoms. The van der Waals surface area contributed by atoms with Crippen molar-refractivity contribution in [3.8, 4) is 6.07 Å². The summed E-state index contributed by atoms with van der Waals surface area (Å²) < 4.78 is 4.40. The molecule has 0 saturated heterocycles. The number of nitriles is 1. The second-order valence-electron chi connectivity index (χ2n) is 1.51. The maximum Gasteiger partial charge on any atom is 0.450 e. The Balaban J connectivity index is 3.17. The first kappa shape index (κ1) is 6.29. The van der Waals surface area contributed by atoms with Crippen molar-refractivity contribution in [2.75, 3.05) is 0 Å². The van der Waals surface area contributed by atoms with Crippen molar-refractivity contribution < 1.29 is 9.34 Å². The molecule has 5 nitrogen and oxygen atoms in total. The van der Waals surface area contributed by atoms with Crippen LogP contribution in [0.25, 0.3) is 0 Å². The summed E-state index contributed by atoms with van der Waals surface area (Å²) in [7, 11) is 0. The van der Waals surface area contributed by atoms with E-state index in [1.807, 2.05) is 0 Å². The fraction of sp³-hybridized carbons (Fsp3) is 0. The lowest BCUT2D eigenvalue weighted by atomic mass is 10.3. The molecule has 0 aromatic carbocycles. The van der Waals surface area contributed by atoms with Gasteiger partial charge >= 0.3 is 5.88 Å². The largest absolute Gasteiger partial charge is 0.450 e. The van der Waals surface area contributed by atoms with Gasteiger partial charge in [0.05, 0.1) is 6.26 Å². The van der Waals surface area contributed by atoms with Gasteiger partial charge in [-0.25, -0.2) is 0 Å². The van der Waals surface area contributed by atoms with Crippen LogP contribution < -0.4 is 0 Å². The number of rotatable bonds is 1. The third-order valence-electron chi connectivity index (χ3n) is 0.931. The van der Waals surface area contributed by atoms with Crippen LogP contribution in [0, 0.1) is 21.4 Å². The molecule has 0 aliphatic carbocycles. The Bertz CT molecular complexity index is 296.